The first kappa shape index (κ1) is 13.9. The molecule has 3 rings (SSSR count). The van der Waals surface area contributed by atoms with E-state index in [0.717, 1.165) is 17.3 Å². The van der Waals surface area contributed by atoms with Gasteiger partial charge in [0, 0.05) is 43.3 Å². The van der Waals surface area contributed by atoms with E-state index in [-0.39, 0.29) is 11.5 Å². The zero-order chi connectivity index (χ0) is 14.8. The van der Waals surface area contributed by atoms with E-state index in [1.165, 1.54) is 6.07 Å². The van der Waals surface area contributed by atoms with Crippen molar-refractivity contribution in [1.29, 1.82) is 0 Å². The van der Waals surface area contributed by atoms with Gasteiger partial charge in [0.1, 0.15) is 0 Å². The molecule has 1 aliphatic rings. The van der Waals surface area contributed by atoms with Crippen molar-refractivity contribution in [1.82, 2.24) is 9.88 Å². The van der Waals surface area contributed by atoms with Crippen LogP contribution in [-0.2, 0) is 0 Å². The number of carbonyl (C=O) groups excluding carboxylic acids is 1. The molecule has 21 heavy (non-hydrogen) atoms. The summed E-state index contributed by atoms with van der Waals surface area (Å²) in [5.74, 6) is -2.21. The quantitative estimate of drug-likeness (QED) is 0.854. The van der Waals surface area contributed by atoms with Crippen LogP contribution in [0, 0.1) is 11.6 Å². The lowest BCUT2D eigenvalue weighted by atomic mass is 10.1. The zero-order valence-electron chi connectivity index (χ0n) is 11.1. The molecule has 2 heterocycles. The number of hydrogen-bond acceptors (Lipinski definition) is 4. The van der Waals surface area contributed by atoms with Crippen molar-refractivity contribution in [2.75, 3.05) is 31.1 Å². The molecule has 0 atom stereocenters. The van der Waals surface area contributed by atoms with Gasteiger partial charge >= 0.3 is 0 Å². The maximum absolute atomic E-state index is 13.2. The Hall–Kier alpha value is -2.02. The molecular formula is C14H13F2N3OS. The average molecular weight is 309 g/mol. The molecule has 1 aliphatic heterocycles. The molecular weight excluding hydrogens is 296 g/mol. The van der Waals surface area contributed by atoms with Gasteiger partial charge in [-0.05, 0) is 18.2 Å². The van der Waals surface area contributed by atoms with E-state index < -0.39 is 11.6 Å². The van der Waals surface area contributed by atoms with Crippen LogP contribution in [0.3, 0.4) is 0 Å². The summed E-state index contributed by atoms with van der Waals surface area (Å²) < 4.78 is 26.1. The van der Waals surface area contributed by atoms with Gasteiger partial charge in [-0.2, -0.15) is 0 Å². The van der Waals surface area contributed by atoms with Gasteiger partial charge < -0.3 is 9.80 Å². The molecule has 0 bridgehead atoms. The first-order valence-electron chi connectivity index (χ1n) is 6.54. The summed E-state index contributed by atoms with van der Waals surface area (Å²) in [5, 5.41) is 2.85. The van der Waals surface area contributed by atoms with Crippen LogP contribution in [0.1, 0.15) is 10.4 Å². The van der Waals surface area contributed by atoms with Crippen molar-refractivity contribution in [2.45, 2.75) is 0 Å². The molecule has 1 saturated heterocycles. The topological polar surface area (TPSA) is 36.4 Å². The first-order chi connectivity index (χ1) is 10.1. The van der Waals surface area contributed by atoms with Crippen LogP contribution < -0.4 is 4.90 Å². The van der Waals surface area contributed by atoms with Crippen LogP contribution in [0.4, 0.5) is 13.9 Å². The van der Waals surface area contributed by atoms with Crippen LogP contribution in [-0.4, -0.2) is 42.0 Å². The molecule has 0 saturated carbocycles. The summed E-state index contributed by atoms with van der Waals surface area (Å²) in [6.45, 7) is 2.45. The zero-order valence-corrected chi connectivity index (χ0v) is 11.9. The van der Waals surface area contributed by atoms with E-state index in [2.05, 4.69) is 9.88 Å². The Bertz CT molecular complexity index is 640. The highest BCUT2D eigenvalue weighted by atomic mass is 32.1. The summed E-state index contributed by atoms with van der Waals surface area (Å²) in [5.41, 5.74) is 0.177. The van der Waals surface area contributed by atoms with Crippen molar-refractivity contribution in [3.8, 4) is 0 Å². The van der Waals surface area contributed by atoms with Crippen molar-refractivity contribution in [2.24, 2.45) is 0 Å². The summed E-state index contributed by atoms with van der Waals surface area (Å²) in [6.07, 6.45) is 1.75. The second kappa shape index (κ2) is 5.77. The molecule has 0 unspecified atom stereocenters. The minimum Gasteiger partial charge on any atom is -0.345 e. The van der Waals surface area contributed by atoms with E-state index in [0.29, 0.717) is 26.2 Å². The monoisotopic (exact) mass is 309 g/mol. The van der Waals surface area contributed by atoms with Crippen LogP contribution in [0.15, 0.2) is 29.8 Å². The van der Waals surface area contributed by atoms with Crippen LogP contribution in [0.25, 0.3) is 0 Å². The molecule has 0 spiro atoms. The fourth-order valence-electron chi connectivity index (χ4n) is 2.28. The molecule has 2 aromatic rings. The number of rotatable bonds is 2. The number of piperazine rings is 1. The number of benzene rings is 1. The van der Waals surface area contributed by atoms with Gasteiger partial charge in [0.2, 0.25) is 0 Å². The smallest absolute Gasteiger partial charge is 0.254 e. The Morgan fingerprint density at radius 1 is 1.14 bits per heavy atom. The standard InChI is InChI=1S/C14H13F2N3OS/c15-11-2-1-10(9-12(11)16)13(20)18-4-6-19(7-5-18)14-17-3-8-21-14/h1-3,8-9H,4-7H2. The maximum Gasteiger partial charge on any atom is 0.254 e. The third-order valence-electron chi connectivity index (χ3n) is 3.42. The second-order valence-electron chi connectivity index (χ2n) is 4.72. The van der Waals surface area contributed by atoms with E-state index in [1.54, 1.807) is 22.4 Å². The molecule has 110 valence electrons. The van der Waals surface area contributed by atoms with Crippen LogP contribution >= 0.6 is 11.3 Å². The van der Waals surface area contributed by atoms with Gasteiger partial charge in [0.15, 0.2) is 16.8 Å². The number of amides is 1. The summed E-state index contributed by atoms with van der Waals surface area (Å²) >= 11 is 1.56. The average Bonchev–Trinajstić information content (AvgIpc) is 3.04. The molecule has 0 aliphatic carbocycles. The number of aromatic nitrogens is 1. The molecule has 1 fully saturated rings. The fourth-order valence-corrected chi connectivity index (χ4v) is 2.98. The van der Waals surface area contributed by atoms with Gasteiger partial charge in [-0.1, -0.05) is 0 Å². The summed E-state index contributed by atoms with van der Waals surface area (Å²) in [7, 11) is 0. The van der Waals surface area contributed by atoms with Crippen molar-refractivity contribution in [3.63, 3.8) is 0 Å². The number of thiazole rings is 1. The van der Waals surface area contributed by atoms with Gasteiger partial charge in [-0.3, -0.25) is 4.79 Å². The number of anilines is 1. The highest BCUT2D eigenvalue weighted by Gasteiger charge is 2.23. The van der Waals surface area contributed by atoms with Crippen molar-refractivity contribution < 1.29 is 13.6 Å². The molecule has 0 N–H and O–H groups in total. The minimum atomic E-state index is -0.998. The molecule has 4 nitrogen and oxygen atoms in total. The summed E-state index contributed by atoms with van der Waals surface area (Å²) in [4.78, 5) is 20.3. The van der Waals surface area contributed by atoms with E-state index >= 15 is 0 Å². The van der Waals surface area contributed by atoms with E-state index in [4.69, 9.17) is 0 Å². The largest absolute Gasteiger partial charge is 0.345 e. The van der Waals surface area contributed by atoms with Gasteiger partial charge in [0.05, 0.1) is 0 Å². The number of halogens is 2. The Labute approximate surface area is 124 Å². The Kier molecular flexibility index (Phi) is 3.83. The lowest BCUT2D eigenvalue weighted by molar-refractivity contribution is 0.0746. The minimum absolute atomic E-state index is 0.177. The normalized spacial score (nSPS) is 15.3. The Balaban J connectivity index is 1.66. The highest BCUT2D eigenvalue weighted by molar-refractivity contribution is 7.13. The summed E-state index contributed by atoms with van der Waals surface area (Å²) in [6, 6.07) is 3.24. The number of nitrogens with zero attached hydrogens (tertiary/aromatic N) is 3. The van der Waals surface area contributed by atoms with Crippen molar-refractivity contribution in [3.05, 3.63) is 47.0 Å². The lowest BCUT2D eigenvalue weighted by Crippen LogP contribution is -2.48. The molecule has 1 aromatic carbocycles. The molecule has 1 aromatic heterocycles. The maximum atomic E-state index is 13.2. The predicted molar refractivity (Wildman–Crippen MR) is 76.6 cm³/mol. The Morgan fingerprint density at radius 3 is 2.52 bits per heavy atom. The third kappa shape index (κ3) is 2.87. The third-order valence-corrected chi connectivity index (χ3v) is 4.26. The molecule has 7 heteroatoms. The first-order valence-corrected chi connectivity index (χ1v) is 7.42. The highest BCUT2D eigenvalue weighted by Crippen LogP contribution is 2.20. The van der Waals surface area contributed by atoms with Gasteiger partial charge in [0.25, 0.3) is 5.91 Å². The second-order valence-corrected chi connectivity index (χ2v) is 5.60. The predicted octanol–water partition coefficient (Wildman–Crippen LogP) is 2.38. The van der Waals surface area contributed by atoms with E-state index in [9.17, 15) is 13.6 Å². The van der Waals surface area contributed by atoms with Gasteiger partial charge in [-0.25, -0.2) is 13.8 Å². The van der Waals surface area contributed by atoms with Crippen molar-refractivity contribution >= 4 is 22.4 Å². The fraction of sp³-hybridized carbons (Fsp3) is 0.286. The number of hydrogen-bond donors (Lipinski definition) is 0. The Morgan fingerprint density at radius 2 is 1.90 bits per heavy atom. The van der Waals surface area contributed by atoms with Gasteiger partial charge in [-0.15, -0.1) is 11.3 Å². The van der Waals surface area contributed by atoms with Crippen LogP contribution in [0.5, 0.6) is 0 Å². The SMILES string of the molecule is O=C(c1ccc(F)c(F)c1)N1CCN(c2nccs2)CC1. The lowest BCUT2D eigenvalue weighted by Gasteiger charge is -2.34. The number of carbonyl (C=O) groups is 1. The van der Waals surface area contributed by atoms with E-state index in [1.807, 2.05) is 5.38 Å². The van der Waals surface area contributed by atoms with Crippen LogP contribution in [0.2, 0.25) is 0 Å². The molecule has 1 amide bonds. The molecule has 0 radical (unpaired) electrons.